The molecular formula is C14H24N2OS. The van der Waals surface area contributed by atoms with Gasteiger partial charge in [-0.3, -0.25) is 4.90 Å². The Kier molecular flexibility index (Phi) is 5.18. The van der Waals surface area contributed by atoms with Crippen molar-refractivity contribution in [2.24, 2.45) is 11.7 Å². The van der Waals surface area contributed by atoms with Crippen molar-refractivity contribution >= 4 is 11.3 Å². The summed E-state index contributed by atoms with van der Waals surface area (Å²) in [7, 11) is 1.79. The van der Waals surface area contributed by atoms with Crippen molar-refractivity contribution in [3.05, 3.63) is 21.9 Å². The quantitative estimate of drug-likeness (QED) is 0.860. The topological polar surface area (TPSA) is 38.5 Å². The molecule has 2 rings (SSSR count). The average molecular weight is 268 g/mol. The molecule has 1 aromatic rings. The third kappa shape index (κ3) is 3.12. The highest BCUT2D eigenvalue weighted by Crippen LogP contribution is 2.31. The highest BCUT2D eigenvalue weighted by molar-refractivity contribution is 7.12. The van der Waals surface area contributed by atoms with E-state index in [0.29, 0.717) is 18.5 Å². The molecule has 1 saturated heterocycles. The predicted octanol–water partition coefficient (Wildman–Crippen LogP) is 2.28. The molecule has 2 heterocycles. The van der Waals surface area contributed by atoms with E-state index in [4.69, 9.17) is 10.5 Å². The predicted molar refractivity (Wildman–Crippen MR) is 77.0 cm³/mol. The Morgan fingerprint density at radius 2 is 2.39 bits per heavy atom. The number of nitrogens with zero attached hydrogens (tertiary/aromatic N) is 1. The summed E-state index contributed by atoms with van der Waals surface area (Å²) in [6.45, 7) is 6.06. The number of nitrogens with two attached hydrogens (primary N) is 1. The molecule has 0 aromatic carbocycles. The lowest BCUT2D eigenvalue weighted by atomic mass is 10.1. The minimum atomic E-state index is 0.400. The van der Waals surface area contributed by atoms with Crippen molar-refractivity contribution < 1.29 is 4.74 Å². The molecule has 0 amide bonds. The molecule has 0 bridgehead atoms. The average Bonchev–Trinajstić information content (AvgIpc) is 3.01. The zero-order valence-corrected chi connectivity index (χ0v) is 12.2. The van der Waals surface area contributed by atoms with Crippen LogP contribution in [-0.4, -0.2) is 38.3 Å². The Morgan fingerprint density at radius 1 is 1.56 bits per heavy atom. The van der Waals surface area contributed by atoms with Crippen LogP contribution in [0.25, 0.3) is 0 Å². The first-order chi connectivity index (χ1) is 8.78. The molecule has 102 valence electrons. The maximum atomic E-state index is 5.99. The van der Waals surface area contributed by atoms with E-state index in [1.807, 2.05) is 11.3 Å². The van der Waals surface area contributed by atoms with Gasteiger partial charge in [-0.1, -0.05) is 6.92 Å². The van der Waals surface area contributed by atoms with E-state index in [9.17, 15) is 0 Å². The van der Waals surface area contributed by atoms with Gasteiger partial charge in [0.2, 0.25) is 0 Å². The van der Waals surface area contributed by atoms with E-state index in [1.54, 1.807) is 7.11 Å². The van der Waals surface area contributed by atoms with Crippen molar-refractivity contribution in [3.8, 4) is 0 Å². The van der Waals surface area contributed by atoms with Crippen LogP contribution in [0.3, 0.4) is 0 Å². The summed E-state index contributed by atoms with van der Waals surface area (Å²) in [6.07, 6.45) is 2.35. The van der Waals surface area contributed by atoms with Crippen LogP contribution in [0.4, 0.5) is 0 Å². The number of aryl methyl sites for hydroxylation is 1. The van der Waals surface area contributed by atoms with Crippen LogP contribution in [0.5, 0.6) is 0 Å². The number of rotatable bonds is 6. The summed E-state index contributed by atoms with van der Waals surface area (Å²) in [4.78, 5) is 5.40. The molecule has 4 heteroatoms. The SMILES string of the molecule is CCc1ccc(C(CN)N2CCC(COC)C2)s1. The Morgan fingerprint density at radius 3 is 3.00 bits per heavy atom. The molecule has 1 aliphatic rings. The van der Waals surface area contributed by atoms with Gasteiger partial charge in [-0.05, 0) is 37.4 Å². The number of likely N-dealkylation sites (tertiary alicyclic amines) is 1. The molecule has 2 atom stereocenters. The van der Waals surface area contributed by atoms with Gasteiger partial charge < -0.3 is 10.5 Å². The summed E-state index contributed by atoms with van der Waals surface area (Å²) in [6, 6.07) is 4.90. The molecule has 3 nitrogen and oxygen atoms in total. The first kappa shape index (κ1) is 14.0. The number of methoxy groups -OCH3 is 1. The zero-order valence-electron chi connectivity index (χ0n) is 11.4. The Bertz CT molecular complexity index is 366. The van der Waals surface area contributed by atoms with Gasteiger partial charge in [0, 0.05) is 30.0 Å². The fourth-order valence-electron chi connectivity index (χ4n) is 2.73. The molecule has 1 aliphatic heterocycles. The van der Waals surface area contributed by atoms with Gasteiger partial charge in [0.15, 0.2) is 0 Å². The zero-order chi connectivity index (χ0) is 13.0. The second-order valence-electron chi connectivity index (χ2n) is 5.01. The first-order valence-corrected chi connectivity index (χ1v) is 7.61. The molecule has 0 radical (unpaired) electrons. The van der Waals surface area contributed by atoms with Gasteiger partial charge in [-0.25, -0.2) is 0 Å². The van der Waals surface area contributed by atoms with E-state index < -0.39 is 0 Å². The van der Waals surface area contributed by atoms with Crippen LogP contribution in [0.2, 0.25) is 0 Å². The van der Waals surface area contributed by atoms with Gasteiger partial charge >= 0.3 is 0 Å². The van der Waals surface area contributed by atoms with Crippen LogP contribution < -0.4 is 5.73 Å². The molecule has 18 heavy (non-hydrogen) atoms. The van der Waals surface area contributed by atoms with Crippen LogP contribution in [-0.2, 0) is 11.2 Å². The summed E-state index contributed by atoms with van der Waals surface area (Å²) in [5, 5.41) is 0. The highest BCUT2D eigenvalue weighted by Gasteiger charge is 2.29. The first-order valence-electron chi connectivity index (χ1n) is 6.80. The van der Waals surface area contributed by atoms with Gasteiger partial charge in [0.05, 0.1) is 12.6 Å². The standard InChI is InChI=1S/C14H24N2OS/c1-3-12-4-5-14(18-12)13(8-15)16-7-6-11(9-16)10-17-2/h4-5,11,13H,3,6-10,15H2,1-2H3. The van der Waals surface area contributed by atoms with Crippen molar-refractivity contribution in [1.82, 2.24) is 4.90 Å². The molecule has 0 spiro atoms. The van der Waals surface area contributed by atoms with E-state index >= 15 is 0 Å². The number of hydrogen-bond donors (Lipinski definition) is 1. The Balaban J connectivity index is 2.01. The monoisotopic (exact) mass is 268 g/mol. The third-order valence-corrected chi connectivity index (χ3v) is 5.07. The van der Waals surface area contributed by atoms with Crippen molar-refractivity contribution in [1.29, 1.82) is 0 Å². The number of hydrogen-bond acceptors (Lipinski definition) is 4. The van der Waals surface area contributed by atoms with Crippen molar-refractivity contribution in [2.45, 2.75) is 25.8 Å². The molecule has 0 aliphatic carbocycles. The molecular weight excluding hydrogens is 244 g/mol. The maximum Gasteiger partial charge on any atom is 0.0564 e. The minimum Gasteiger partial charge on any atom is -0.384 e. The summed E-state index contributed by atoms with van der Waals surface area (Å²) in [5.74, 6) is 0.676. The van der Waals surface area contributed by atoms with Crippen molar-refractivity contribution in [2.75, 3.05) is 33.4 Å². The van der Waals surface area contributed by atoms with Gasteiger partial charge in [-0.2, -0.15) is 0 Å². The molecule has 1 fully saturated rings. The number of ether oxygens (including phenoxy) is 1. The van der Waals surface area contributed by atoms with E-state index in [0.717, 1.165) is 26.1 Å². The second-order valence-corrected chi connectivity index (χ2v) is 6.21. The van der Waals surface area contributed by atoms with Gasteiger partial charge in [0.1, 0.15) is 0 Å². The largest absolute Gasteiger partial charge is 0.384 e. The molecule has 2 N–H and O–H groups in total. The van der Waals surface area contributed by atoms with Gasteiger partial charge in [0.25, 0.3) is 0 Å². The van der Waals surface area contributed by atoms with Gasteiger partial charge in [-0.15, -0.1) is 11.3 Å². The molecule has 0 saturated carbocycles. The fourth-order valence-corrected chi connectivity index (χ4v) is 3.83. The highest BCUT2D eigenvalue weighted by atomic mass is 32.1. The van der Waals surface area contributed by atoms with E-state index in [2.05, 4.69) is 24.0 Å². The summed E-state index contributed by atoms with van der Waals surface area (Å²) in [5.41, 5.74) is 5.99. The lowest BCUT2D eigenvalue weighted by Crippen LogP contribution is -2.31. The lowest BCUT2D eigenvalue weighted by molar-refractivity contribution is 0.148. The summed E-state index contributed by atoms with van der Waals surface area (Å²) < 4.78 is 5.26. The molecule has 1 aromatic heterocycles. The Hall–Kier alpha value is -0.420. The normalized spacial score (nSPS) is 22.5. The second kappa shape index (κ2) is 6.66. The van der Waals surface area contributed by atoms with Crippen molar-refractivity contribution in [3.63, 3.8) is 0 Å². The summed E-state index contributed by atoms with van der Waals surface area (Å²) >= 11 is 1.91. The maximum absolute atomic E-state index is 5.99. The van der Waals surface area contributed by atoms with E-state index in [1.165, 1.54) is 16.2 Å². The van der Waals surface area contributed by atoms with Crippen LogP contribution >= 0.6 is 11.3 Å². The third-order valence-electron chi connectivity index (χ3n) is 3.74. The Labute approximate surface area is 114 Å². The lowest BCUT2D eigenvalue weighted by Gasteiger charge is -2.25. The molecule has 2 unspecified atom stereocenters. The number of thiophene rings is 1. The van der Waals surface area contributed by atoms with Crippen LogP contribution in [0.15, 0.2) is 12.1 Å². The fraction of sp³-hybridized carbons (Fsp3) is 0.714. The smallest absolute Gasteiger partial charge is 0.0564 e. The minimum absolute atomic E-state index is 0.400. The van der Waals surface area contributed by atoms with Crippen LogP contribution in [0, 0.1) is 5.92 Å². The van der Waals surface area contributed by atoms with Crippen LogP contribution in [0.1, 0.15) is 29.1 Å². The van der Waals surface area contributed by atoms with E-state index in [-0.39, 0.29) is 0 Å².